The van der Waals surface area contributed by atoms with E-state index < -0.39 is 0 Å². The summed E-state index contributed by atoms with van der Waals surface area (Å²) in [5.41, 5.74) is 0.410. The molecule has 1 unspecified atom stereocenters. The summed E-state index contributed by atoms with van der Waals surface area (Å²) in [7, 11) is 0. The van der Waals surface area contributed by atoms with Gasteiger partial charge in [-0.05, 0) is 38.7 Å². The van der Waals surface area contributed by atoms with Crippen molar-refractivity contribution in [1.29, 1.82) is 0 Å². The molecule has 0 amide bonds. The van der Waals surface area contributed by atoms with Crippen LogP contribution in [0, 0.1) is 0 Å². The van der Waals surface area contributed by atoms with E-state index >= 15 is 0 Å². The second kappa shape index (κ2) is 7.70. The van der Waals surface area contributed by atoms with Crippen LogP contribution in [0.3, 0.4) is 0 Å². The highest BCUT2D eigenvalue weighted by molar-refractivity contribution is 7.10. The van der Waals surface area contributed by atoms with Crippen LogP contribution in [-0.4, -0.2) is 34.1 Å². The lowest BCUT2D eigenvalue weighted by molar-refractivity contribution is 0.0520. The number of thiazole rings is 1. The fourth-order valence-corrected chi connectivity index (χ4v) is 4.88. The molecule has 1 saturated carbocycles. The van der Waals surface area contributed by atoms with E-state index in [1.807, 2.05) is 12.3 Å². The zero-order chi connectivity index (χ0) is 17.9. The highest BCUT2D eigenvalue weighted by Crippen LogP contribution is 2.38. The maximum Gasteiger partial charge on any atom is 0.357 e. The number of hydrogen-bond acceptors (Lipinski definition) is 7. The van der Waals surface area contributed by atoms with Crippen LogP contribution in [-0.2, 0) is 4.74 Å². The van der Waals surface area contributed by atoms with Gasteiger partial charge in [0.2, 0.25) is 0 Å². The number of carbonyl (C=O) groups excluding carboxylic acids is 1. The molecule has 2 aromatic heterocycles. The monoisotopic (exact) mass is 372 g/mol. The first-order valence-corrected chi connectivity index (χ1v) is 10.4. The Kier molecular flexibility index (Phi) is 5.15. The molecule has 4 rings (SSSR count). The first kappa shape index (κ1) is 17.4. The van der Waals surface area contributed by atoms with E-state index in [9.17, 15) is 4.79 Å². The third-order valence-corrected chi connectivity index (χ3v) is 6.16. The van der Waals surface area contributed by atoms with E-state index in [1.165, 1.54) is 37.0 Å². The summed E-state index contributed by atoms with van der Waals surface area (Å²) < 4.78 is 5.06. The summed E-state index contributed by atoms with van der Waals surface area (Å²) in [6.07, 6.45) is 8.96. The summed E-state index contributed by atoms with van der Waals surface area (Å²) in [6, 6.07) is 2.17. The smallest absolute Gasteiger partial charge is 0.357 e. The summed E-state index contributed by atoms with van der Waals surface area (Å²) in [5.74, 6) is 2.13. The van der Waals surface area contributed by atoms with Crippen molar-refractivity contribution in [2.75, 3.05) is 18.1 Å². The Morgan fingerprint density at radius 2 is 2.12 bits per heavy atom. The minimum Gasteiger partial charge on any atom is -0.461 e. The molecule has 0 radical (unpaired) electrons. The summed E-state index contributed by atoms with van der Waals surface area (Å²) >= 11 is 1.53. The molecule has 138 valence electrons. The topological polar surface area (TPSA) is 68.2 Å². The van der Waals surface area contributed by atoms with Crippen LogP contribution in [0.5, 0.6) is 0 Å². The van der Waals surface area contributed by atoms with Crippen LogP contribution < -0.4 is 4.90 Å². The van der Waals surface area contributed by atoms with Gasteiger partial charge in [-0.1, -0.05) is 12.8 Å². The first-order chi connectivity index (χ1) is 12.8. The maximum absolute atomic E-state index is 11.9. The van der Waals surface area contributed by atoms with Gasteiger partial charge in [-0.25, -0.2) is 19.7 Å². The van der Waals surface area contributed by atoms with Gasteiger partial charge < -0.3 is 9.64 Å². The van der Waals surface area contributed by atoms with Crippen molar-refractivity contribution in [3.05, 3.63) is 34.2 Å². The maximum atomic E-state index is 11.9. The highest BCUT2D eigenvalue weighted by atomic mass is 32.1. The number of rotatable bonds is 5. The quantitative estimate of drug-likeness (QED) is 0.736. The number of ether oxygens (including phenoxy) is 1. The zero-order valence-corrected chi connectivity index (χ0v) is 15.9. The number of carbonyl (C=O) groups is 1. The fraction of sp³-hybridized carbons (Fsp3) is 0.579. The van der Waals surface area contributed by atoms with Gasteiger partial charge in [0.15, 0.2) is 5.69 Å². The number of hydrogen-bond donors (Lipinski definition) is 0. The minimum absolute atomic E-state index is 0.175. The molecule has 2 fully saturated rings. The molecule has 0 spiro atoms. The average molecular weight is 372 g/mol. The van der Waals surface area contributed by atoms with Gasteiger partial charge in [0.1, 0.15) is 16.6 Å². The molecule has 3 heterocycles. The van der Waals surface area contributed by atoms with Gasteiger partial charge in [-0.15, -0.1) is 11.3 Å². The minimum atomic E-state index is -0.342. The Bertz CT molecular complexity index is 772. The van der Waals surface area contributed by atoms with Crippen LogP contribution in [0.15, 0.2) is 17.6 Å². The van der Waals surface area contributed by atoms with Gasteiger partial charge in [-0.2, -0.15) is 0 Å². The molecule has 2 aliphatic rings. The molecule has 1 atom stereocenters. The van der Waals surface area contributed by atoms with Crippen molar-refractivity contribution >= 4 is 23.1 Å². The molecular formula is C19H24N4O2S. The van der Waals surface area contributed by atoms with Gasteiger partial charge in [0.05, 0.1) is 12.6 Å². The van der Waals surface area contributed by atoms with Crippen molar-refractivity contribution in [2.24, 2.45) is 0 Å². The van der Waals surface area contributed by atoms with E-state index in [1.54, 1.807) is 12.3 Å². The van der Waals surface area contributed by atoms with Crippen LogP contribution in [0.2, 0.25) is 0 Å². The van der Waals surface area contributed by atoms with E-state index in [4.69, 9.17) is 9.72 Å². The molecule has 1 aliphatic heterocycles. The first-order valence-electron chi connectivity index (χ1n) is 9.48. The molecule has 26 heavy (non-hydrogen) atoms. The van der Waals surface area contributed by atoms with Gasteiger partial charge in [0.25, 0.3) is 0 Å². The van der Waals surface area contributed by atoms with Crippen molar-refractivity contribution in [1.82, 2.24) is 15.0 Å². The molecule has 0 bridgehead atoms. The lowest BCUT2D eigenvalue weighted by Crippen LogP contribution is -2.24. The predicted molar refractivity (Wildman–Crippen MR) is 101 cm³/mol. The highest BCUT2D eigenvalue weighted by Gasteiger charge is 2.31. The van der Waals surface area contributed by atoms with Crippen molar-refractivity contribution in [3.8, 4) is 0 Å². The molecule has 7 heteroatoms. The summed E-state index contributed by atoms with van der Waals surface area (Å²) in [4.78, 5) is 28.2. The summed E-state index contributed by atoms with van der Waals surface area (Å²) in [5, 5.41) is 2.76. The SMILES string of the molecule is CCOC(=O)c1csc(C2CCCN2c2ccnc(C3CCCC3)n2)n1. The zero-order valence-electron chi connectivity index (χ0n) is 15.1. The van der Waals surface area contributed by atoms with Crippen LogP contribution >= 0.6 is 11.3 Å². The number of esters is 1. The van der Waals surface area contributed by atoms with E-state index in [2.05, 4.69) is 14.9 Å². The van der Waals surface area contributed by atoms with Crippen molar-refractivity contribution in [2.45, 2.75) is 57.4 Å². The van der Waals surface area contributed by atoms with Crippen molar-refractivity contribution < 1.29 is 9.53 Å². The molecule has 0 aromatic carbocycles. The fourth-order valence-electron chi connectivity index (χ4n) is 3.94. The normalized spacial score (nSPS) is 20.7. The lowest BCUT2D eigenvalue weighted by atomic mass is 10.1. The number of nitrogens with zero attached hydrogens (tertiary/aromatic N) is 4. The Hall–Kier alpha value is -2.02. The largest absolute Gasteiger partial charge is 0.461 e. The number of aromatic nitrogens is 3. The molecular weight excluding hydrogens is 348 g/mol. The average Bonchev–Trinajstić information content (AvgIpc) is 3.42. The van der Waals surface area contributed by atoms with E-state index in [0.29, 0.717) is 18.2 Å². The van der Waals surface area contributed by atoms with Crippen LogP contribution in [0.25, 0.3) is 0 Å². The number of anilines is 1. The van der Waals surface area contributed by atoms with Crippen molar-refractivity contribution in [3.63, 3.8) is 0 Å². The molecule has 2 aromatic rings. The lowest BCUT2D eigenvalue weighted by Gasteiger charge is -2.24. The Labute approximate surface area is 157 Å². The Morgan fingerprint density at radius 1 is 1.27 bits per heavy atom. The van der Waals surface area contributed by atoms with Crippen LogP contribution in [0.4, 0.5) is 5.82 Å². The van der Waals surface area contributed by atoms with Gasteiger partial charge in [0, 0.05) is 24.0 Å². The second-order valence-corrected chi connectivity index (χ2v) is 7.79. The van der Waals surface area contributed by atoms with E-state index in [0.717, 1.165) is 36.0 Å². The Morgan fingerprint density at radius 3 is 2.92 bits per heavy atom. The standard InChI is InChI=1S/C19H24N4O2S/c1-2-25-19(24)14-12-26-18(21-14)15-8-5-11-23(15)16-9-10-20-17(22-16)13-6-3-4-7-13/h9-10,12-13,15H,2-8,11H2,1H3. The molecule has 0 N–H and O–H groups in total. The third kappa shape index (κ3) is 3.45. The second-order valence-electron chi connectivity index (χ2n) is 6.90. The van der Waals surface area contributed by atoms with Crippen LogP contribution in [0.1, 0.15) is 78.7 Å². The third-order valence-electron chi connectivity index (χ3n) is 5.22. The van der Waals surface area contributed by atoms with Gasteiger partial charge >= 0.3 is 5.97 Å². The molecule has 1 aliphatic carbocycles. The molecule has 1 saturated heterocycles. The van der Waals surface area contributed by atoms with E-state index in [-0.39, 0.29) is 12.0 Å². The Balaban J connectivity index is 1.55. The van der Waals surface area contributed by atoms with Gasteiger partial charge in [-0.3, -0.25) is 0 Å². The predicted octanol–water partition coefficient (Wildman–Crippen LogP) is 4.11. The summed E-state index contributed by atoms with van der Waals surface area (Å²) in [6.45, 7) is 3.13. The molecule has 6 nitrogen and oxygen atoms in total.